The van der Waals surface area contributed by atoms with Gasteiger partial charge in [0.15, 0.2) is 0 Å². The standard InChI is InChI=1S/C5H9NO/c1-2-6-3-5-4-7-5/h2,5-6H,1,3-4H2. The molecule has 0 aromatic rings. The predicted octanol–water partition coefficient (Wildman–Crippen LogP) is 0.118. The molecule has 1 aliphatic rings. The summed E-state index contributed by atoms with van der Waals surface area (Å²) in [6, 6.07) is 0. The van der Waals surface area contributed by atoms with Gasteiger partial charge in [0, 0.05) is 6.54 Å². The first-order valence-corrected chi connectivity index (χ1v) is 2.39. The number of epoxide rings is 1. The van der Waals surface area contributed by atoms with Crippen LogP contribution in [-0.2, 0) is 4.74 Å². The second kappa shape index (κ2) is 1.98. The highest BCUT2D eigenvalue weighted by Gasteiger charge is 2.20. The number of ether oxygens (including phenoxy) is 1. The van der Waals surface area contributed by atoms with Crippen LogP contribution < -0.4 is 5.32 Å². The molecule has 0 aromatic carbocycles. The van der Waals surface area contributed by atoms with Crippen LogP contribution in [0.4, 0.5) is 0 Å². The van der Waals surface area contributed by atoms with Gasteiger partial charge in [-0.15, -0.1) is 0 Å². The van der Waals surface area contributed by atoms with Crippen molar-refractivity contribution >= 4 is 0 Å². The van der Waals surface area contributed by atoms with Crippen molar-refractivity contribution in [2.24, 2.45) is 0 Å². The van der Waals surface area contributed by atoms with Crippen LogP contribution in [0.5, 0.6) is 0 Å². The summed E-state index contributed by atoms with van der Waals surface area (Å²) in [7, 11) is 0. The molecule has 0 bridgehead atoms. The van der Waals surface area contributed by atoms with E-state index in [0.29, 0.717) is 6.10 Å². The minimum atomic E-state index is 0.470. The fraction of sp³-hybridized carbons (Fsp3) is 0.600. The maximum Gasteiger partial charge on any atom is 0.0981 e. The molecular formula is C5H9NO. The van der Waals surface area contributed by atoms with Crippen molar-refractivity contribution < 1.29 is 4.74 Å². The SMILES string of the molecule is C=CNCC1CO1. The molecule has 1 saturated heterocycles. The molecule has 2 nitrogen and oxygen atoms in total. The molecule has 1 fully saturated rings. The van der Waals surface area contributed by atoms with E-state index >= 15 is 0 Å². The zero-order valence-corrected chi connectivity index (χ0v) is 4.18. The topological polar surface area (TPSA) is 24.6 Å². The van der Waals surface area contributed by atoms with Gasteiger partial charge in [0.1, 0.15) is 0 Å². The summed E-state index contributed by atoms with van der Waals surface area (Å²) < 4.78 is 4.90. The molecule has 0 radical (unpaired) electrons. The number of hydrogen-bond donors (Lipinski definition) is 1. The van der Waals surface area contributed by atoms with Crippen molar-refractivity contribution in [2.75, 3.05) is 13.2 Å². The van der Waals surface area contributed by atoms with Crippen LogP contribution in [0, 0.1) is 0 Å². The van der Waals surface area contributed by atoms with Crippen molar-refractivity contribution in [1.29, 1.82) is 0 Å². The first kappa shape index (κ1) is 4.65. The quantitative estimate of drug-likeness (QED) is 0.508. The lowest BCUT2D eigenvalue weighted by molar-refractivity contribution is 0.405. The van der Waals surface area contributed by atoms with Gasteiger partial charge in [-0.2, -0.15) is 0 Å². The third-order valence-electron chi connectivity index (χ3n) is 0.892. The monoisotopic (exact) mass is 99.1 g/mol. The lowest BCUT2D eigenvalue weighted by atomic mass is 10.5. The van der Waals surface area contributed by atoms with E-state index in [1.54, 1.807) is 6.20 Å². The van der Waals surface area contributed by atoms with Crippen LogP contribution in [0.3, 0.4) is 0 Å². The molecule has 1 unspecified atom stereocenters. The lowest BCUT2D eigenvalue weighted by Crippen LogP contribution is -2.11. The summed E-state index contributed by atoms with van der Waals surface area (Å²) in [6.45, 7) is 5.33. The van der Waals surface area contributed by atoms with Gasteiger partial charge in [-0.3, -0.25) is 0 Å². The average Bonchev–Trinajstić information content (AvgIpc) is 2.42. The van der Waals surface area contributed by atoms with E-state index in [2.05, 4.69) is 11.9 Å². The Labute approximate surface area is 43.2 Å². The van der Waals surface area contributed by atoms with Gasteiger partial charge in [-0.1, -0.05) is 6.58 Å². The van der Waals surface area contributed by atoms with Gasteiger partial charge < -0.3 is 10.1 Å². The predicted molar refractivity (Wildman–Crippen MR) is 27.9 cm³/mol. The normalized spacial score (nSPS) is 26.6. The summed E-state index contributed by atoms with van der Waals surface area (Å²) in [5.74, 6) is 0. The second-order valence-electron chi connectivity index (χ2n) is 1.57. The summed E-state index contributed by atoms with van der Waals surface area (Å²) >= 11 is 0. The highest BCUT2D eigenvalue weighted by atomic mass is 16.6. The van der Waals surface area contributed by atoms with Gasteiger partial charge in [-0.25, -0.2) is 0 Å². The van der Waals surface area contributed by atoms with Crippen molar-refractivity contribution in [2.45, 2.75) is 6.10 Å². The number of rotatable bonds is 3. The molecule has 0 aliphatic carbocycles. The lowest BCUT2D eigenvalue weighted by Gasteiger charge is -1.89. The summed E-state index contributed by atoms with van der Waals surface area (Å²) in [4.78, 5) is 0. The average molecular weight is 99.1 g/mol. The van der Waals surface area contributed by atoms with E-state index in [1.807, 2.05) is 0 Å². The zero-order chi connectivity index (χ0) is 5.11. The number of hydrogen-bond acceptors (Lipinski definition) is 2. The van der Waals surface area contributed by atoms with E-state index in [4.69, 9.17) is 4.74 Å². The van der Waals surface area contributed by atoms with Gasteiger partial charge in [-0.05, 0) is 6.20 Å². The Balaban J connectivity index is 1.88. The maximum absolute atomic E-state index is 4.90. The molecule has 1 atom stereocenters. The van der Waals surface area contributed by atoms with Crippen LogP contribution in [0.2, 0.25) is 0 Å². The van der Waals surface area contributed by atoms with Gasteiger partial charge in [0.05, 0.1) is 12.7 Å². The summed E-state index contributed by atoms with van der Waals surface area (Å²) in [5, 5.41) is 2.95. The minimum Gasteiger partial charge on any atom is -0.389 e. The first-order valence-electron chi connectivity index (χ1n) is 2.39. The molecule has 2 heteroatoms. The molecule has 7 heavy (non-hydrogen) atoms. The van der Waals surface area contributed by atoms with Crippen molar-refractivity contribution in [3.8, 4) is 0 Å². The van der Waals surface area contributed by atoms with Gasteiger partial charge in [0.25, 0.3) is 0 Å². The highest BCUT2D eigenvalue weighted by molar-refractivity contribution is 4.75. The Hall–Kier alpha value is -0.500. The van der Waals surface area contributed by atoms with Crippen LogP contribution in [0.15, 0.2) is 12.8 Å². The largest absolute Gasteiger partial charge is 0.389 e. The summed E-state index contributed by atoms with van der Waals surface area (Å²) in [6.07, 6.45) is 2.15. The van der Waals surface area contributed by atoms with Crippen molar-refractivity contribution in [3.05, 3.63) is 12.8 Å². The maximum atomic E-state index is 4.90. The van der Waals surface area contributed by atoms with Crippen LogP contribution in [-0.4, -0.2) is 19.3 Å². The molecule has 0 amide bonds. The van der Waals surface area contributed by atoms with Crippen LogP contribution >= 0.6 is 0 Å². The zero-order valence-electron chi connectivity index (χ0n) is 4.18. The van der Waals surface area contributed by atoms with Crippen LogP contribution in [0.1, 0.15) is 0 Å². The molecular weight excluding hydrogens is 90.1 g/mol. The summed E-state index contributed by atoms with van der Waals surface area (Å²) in [5.41, 5.74) is 0. The van der Waals surface area contributed by atoms with Crippen molar-refractivity contribution in [3.63, 3.8) is 0 Å². The molecule has 1 heterocycles. The molecule has 0 saturated carbocycles. The molecule has 0 spiro atoms. The van der Waals surface area contributed by atoms with E-state index in [1.165, 1.54) is 0 Å². The third-order valence-corrected chi connectivity index (χ3v) is 0.892. The Morgan fingerprint density at radius 3 is 3.14 bits per heavy atom. The highest BCUT2D eigenvalue weighted by Crippen LogP contribution is 2.05. The molecule has 1 N–H and O–H groups in total. The molecule has 40 valence electrons. The molecule has 0 aromatic heterocycles. The fourth-order valence-electron chi connectivity index (χ4n) is 0.401. The van der Waals surface area contributed by atoms with E-state index in [9.17, 15) is 0 Å². The first-order chi connectivity index (χ1) is 3.43. The van der Waals surface area contributed by atoms with Gasteiger partial charge >= 0.3 is 0 Å². The Morgan fingerprint density at radius 1 is 2.00 bits per heavy atom. The Bertz CT molecular complexity index is 68.5. The molecule has 1 aliphatic heterocycles. The Kier molecular flexibility index (Phi) is 1.32. The minimum absolute atomic E-state index is 0.470. The smallest absolute Gasteiger partial charge is 0.0981 e. The second-order valence-corrected chi connectivity index (χ2v) is 1.57. The Morgan fingerprint density at radius 2 is 2.71 bits per heavy atom. The van der Waals surface area contributed by atoms with E-state index in [0.717, 1.165) is 13.2 Å². The van der Waals surface area contributed by atoms with Crippen LogP contribution in [0.25, 0.3) is 0 Å². The third kappa shape index (κ3) is 1.59. The van der Waals surface area contributed by atoms with E-state index in [-0.39, 0.29) is 0 Å². The van der Waals surface area contributed by atoms with Gasteiger partial charge in [0.2, 0.25) is 0 Å². The molecule has 1 rings (SSSR count). The number of nitrogens with one attached hydrogen (secondary N) is 1. The van der Waals surface area contributed by atoms with E-state index < -0.39 is 0 Å². The fourth-order valence-corrected chi connectivity index (χ4v) is 0.401. The van der Waals surface area contributed by atoms with Crippen molar-refractivity contribution in [1.82, 2.24) is 5.32 Å².